The molecule has 9 nitrogen and oxygen atoms in total. The number of anilines is 1. The van der Waals surface area contributed by atoms with Gasteiger partial charge in [0.15, 0.2) is 11.0 Å². The summed E-state index contributed by atoms with van der Waals surface area (Å²) in [4.78, 5) is 36.9. The zero-order chi connectivity index (χ0) is 32.6. The molecule has 1 aliphatic carbocycles. The lowest BCUT2D eigenvalue weighted by Crippen LogP contribution is -2.42. The number of hydrogen-bond acceptors (Lipinski definition) is 6. The molecule has 1 saturated heterocycles. The van der Waals surface area contributed by atoms with Gasteiger partial charge in [0.25, 0.3) is 0 Å². The van der Waals surface area contributed by atoms with Crippen molar-refractivity contribution in [3.63, 3.8) is 0 Å². The van der Waals surface area contributed by atoms with E-state index >= 15 is 0 Å². The third-order valence-corrected chi connectivity index (χ3v) is 8.85. The number of aromatic nitrogens is 3. The number of ether oxygens (including phenoxy) is 1. The van der Waals surface area contributed by atoms with Gasteiger partial charge in [0, 0.05) is 37.6 Å². The first-order valence-corrected chi connectivity index (χ1v) is 16.4. The van der Waals surface area contributed by atoms with Crippen LogP contribution in [0.3, 0.4) is 0 Å². The highest BCUT2D eigenvalue weighted by molar-refractivity contribution is 8.14. The largest absolute Gasteiger partial charge is 0.459 e. The van der Waals surface area contributed by atoms with Gasteiger partial charge in [0.1, 0.15) is 12.1 Å². The van der Waals surface area contributed by atoms with E-state index in [1.165, 1.54) is 25.6 Å². The molecule has 4 aromatic rings. The number of fused-ring (bicyclic) bond motifs is 1. The van der Waals surface area contributed by atoms with Crippen LogP contribution in [-0.2, 0) is 17.6 Å². The highest BCUT2D eigenvalue weighted by Gasteiger charge is 2.31. The van der Waals surface area contributed by atoms with E-state index in [9.17, 15) is 14.0 Å². The van der Waals surface area contributed by atoms with Crippen molar-refractivity contribution in [3.05, 3.63) is 89.2 Å². The zero-order valence-corrected chi connectivity index (χ0v) is 27.4. The molecule has 46 heavy (non-hydrogen) atoms. The first kappa shape index (κ1) is 31.5. The van der Waals surface area contributed by atoms with E-state index in [0.717, 1.165) is 39.2 Å². The summed E-state index contributed by atoms with van der Waals surface area (Å²) in [5, 5.41) is 8.12. The summed E-state index contributed by atoms with van der Waals surface area (Å²) in [6.07, 6.45) is 3.36. The number of aryl methyl sites for hydroxylation is 1. The summed E-state index contributed by atoms with van der Waals surface area (Å²) < 4.78 is 20.7. The lowest BCUT2D eigenvalue weighted by Gasteiger charge is -2.30. The Bertz CT molecular complexity index is 1810. The van der Waals surface area contributed by atoms with Crippen molar-refractivity contribution < 1.29 is 18.7 Å². The van der Waals surface area contributed by atoms with Crippen LogP contribution in [0.1, 0.15) is 62.3 Å². The van der Waals surface area contributed by atoms with Crippen LogP contribution in [0.2, 0.25) is 0 Å². The predicted octanol–water partition coefficient (Wildman–Crippen LogP) is 7.15. The summed E-state index contributed by atoms with van der Waals surface area (Å²) in [7, 11) is 0. The second-order valence-electron chi connectivity index (χ2n) is 12.4. The van der Waals surface area contributed by atoms with Crippen LogP contribution in [0.5, 0.6) is 5.75 Å². The van der Waals surface area contributed by atoms with Gasteiger partial charge in [0.2, 0.25) is 11.8 Å². The van der Waals surface area contributed by atoms with E-state index in [-0.39, 0.29) is 17.9 Å². The molecule has 11 heteroatoms. The molecule has 1 fully saturated rings. The average molecular weight is 641 g/mol. The SMILES string of the molecule is Cc1ccc(C(C)C)c(N2C(=O)CCS/C2=N\C(=O)NC2Cc3ccc(-c4ncn(-c5ccc(OC(C)(C)F)cc5)n4)cc3C2)c1. The number of halogens is 1. The van der Waals surface area contributed by atoms with Gasteiger partial charge in [-0.2, -0.15) is 9.38 Å². The Morgan fingerprint density at radius 1 is 1.09 bits per heavy atom. The molecule has 1 N–H and O–H groups in total. The van der Waals surface area contributed by atoms with E-state index < -0.39 is 11.9 Å². The summed E-state index contributed by atoms with van der Waals surface area (Å²) in [6.45, 7) is 8.89. The number of benzene rings is 3. The van der Waals surface area contributed by atoms with E-state index in [2.05, 4.69) is 46.4 Å². The maximum atomic E-state index is 13.8. The van der Waals surface area contributed by atoms with Crippen LogP contribution < -0.4 is 15.0 Å². The Hall–Kier alpha value is -4.51. The van der Waals surface area contributed by atoms with Crippen LogP contribution >= 0.6 is 11.8 Å². The molecule has 1 atom stereocenters. The van der Waals surface area contributed by atoms with Crippen molar-refractivity contribution in [2.45, 2.75) is 71.7 Å². The van der Waals surface area contributed by atoms with Crippen molar-refractivity contribution in [3.8, 4) is 22.8 Å². The second kappa shape index (κ2) is 12.7. The Labute approximate surface area is 272 Å². The van der Waals surface area contributed by atoms with Gasteiger partial charge >= 0.3 is 6.03 Å². The van der Waals surface area contributed by atoms with Crippen LogP contribution in [0.25, 0.3) is 17.1 Å². The minimum atomic E-state index is -1.76. The number of alkyl halides is 1. The first-order valence-electron chi connectivity index (χ1n) is 15.4. The normalized spacial score (nSPS) is 17.5. The smallest absolute Gasteiger partial charge is 0.343 e. The number of aliphatic imine (C=N–C) groups is 1. The van der Waals surface area contributed by atoms with Crippen molar-refractivity contribution in [2.75, 3.05) is 10.7 Å². The molecule has 0 radical (unpaired) electrons. The topological polar surface area (TPSA) is 102 Å². The van der Waals surface area contributed by atoms with Gasteiger partial charge in [0.05, 0.1) is 11.4 Å². The van der Waals surface area contributed by atoms with Gasteiger partial charge < -0.3 is 10.1 Å². The molecule has 238 valence electrons. The fourth-order valence-electron chi connectivity index (χ4n) is 5.79. The van der Waals surface area contributed by atoms with Crippen molar-refractivity contribution >= 4 is 34.6 Å². The fourth-order valence-corrected chi connectivity index (χ4v) is 6.72. The minimum Gasteiger partial charge on any atom is -0.459 e. The van der Waals surface area contributed by atoms with Gasteiger partial charge in [-0.05, 0) is 84.3 Å². The molecule has 3 amide bonds. The molecule has 1 aromatic heterocycles. The Balaban J connectivity index is 1.14. The summed E-state index contributed by atoms with van der Waals surface area (Å²) in [5.41, 5.74) is 6.79. The Kier molecular flexibility index (Phi) is 8.69. The highest BCUT2D eigenvalue weighted by Crippen LogP contribution is 2.34. The number of amides is 3. The third-order valence-electron chi connectivity index (χ3n) is 7.91. The molecule has 0 bridgehead atoms. The van der Waals surface area contributed by atoms with Gasteiger partial charge in [-0.3, -0.25) is 9.69 Å². The molecular formula is C35H37FN6O3S. The number of hydrogen-bond donors (Lipinski definition) is 1. The van der Waals surface area contributed by atoms with Crippen molar-refractivity contribution in [1.82, 2.24) is 20.1 Å². The molecule has 0 saturated carbocycles. The van der Waals surface area contributed by atoms with Gasteiger partial charge in [-0.25, -0.2) is 14.5 Å². The standard InChI is InChI=1S/C35H37FN6O3S/c1-21(2)29-13-6-22(3)16-30(29)42-31(43)14-15-46-34(42)39-33(44)38-26-18-23-7-8-24(17-25(23)19-26)32-37-20-41(40-32)27-9-11-28(12-10-27)45-35(4,5)36/h6-13,16-17,20-21,26H,14-15,18-19H2,1-5H3,(H,38,44)/b39-34-. The lowest BCUT2D eigenvalue weighted by atomic mass is 9.98. The monoisotopic (exact) mass is 640 g/mol. The fraction of sp³-hybridized carbons (Fsp3) is 0.343. The number of thioether (sulfide) groups is 1. The van der Waals surface area contributed by atoms with Crippen LogP contribution in [-0.4, -0.2) is 49.5 Å². The molecule has 0 spiro atoms. The second-order valence-corrected chi connectivity index (χ2v) is 13.5. The number of urea groups is 1. The molecule has 6 rings (SSSR count). The van der Waals surface area contributed by atoms with Crippen molar-refractivity contribution in [1.29, 1.82) is 0 Å². The summed E-state index contributed by atoms with van der Waals surface area (Å²) in [5.74, 6) is -0.0229. The zero-order valence-electron chi connectivity index (χ0n) is 26.6. The molecule has 1 unspecified atom stereocenters. The maximum Gasteiger partial charge on any atom is 0.343 e. The van der Waals surface area contributed by atoms with Crippen LogP contribution in [0.15, 0.2) is 72.0 Å². The van der Waals surface area contributed by atoms with Gasteiger partial charge in [-0.15, -0.1) is 5.10 Å². The molecule has 2 aliphatic rings. The number of carbonyl (C=O) groups is 2. The van der Waals surface area contributed by atoms with Crippen LogP contribution in [0.4, 0.5) is 14.9 Å². The minimum absolute atomic E-state index is 0.0541. The molecule has 2 heterocycles. The maximum absolute atomic E-state index is 13.8. The number of nitrogens with one attached hydrogen (secondary N) is 1. The molecular weight excluding hydrogens is 603 g/mol. The number of rotatable bonds is 7. The van der Waals surface area contributed by atoms with E-state index in [0.29, 0.717) is 41.8 Å². The predicted molar refractivity (Wildman–Crippen MR) is 180 cm³/mol. The number of amidine groups is 1. The summed E-state index contributed by atoms with van der Waals surface area (Å²) in [6, 6.07) is 18.6. The number of carbonyl (C=O) groups excluding carboxylic acids is 2. The van der Waals surface area contributed by atoms with E-state index in [1.807, 2.05) is 31.2 Å². The Morgan fingerprint density at radius 3 is 2.59 bits per heavy atom. The van der Waals surface area contributed by atoms with Gasteiger partial charge in [-0.1, -0.05) is 49.9 Å². The van der Waals surface area contributed by atoms with E-state index in [1.54, 1.807) is 40.2 Å². The lowest BCUT2D eigenvalue weighted by molar-refractivity contribution is -0.117. The number of nitrogens with zero attached hydrogens (tertiary/aromatic N) is 5. The highest BCUT2D eigenvalue weighted by atomic mass is 32.2. The van der Waals surface area contributed by atoms with Crippen LogP contribution in [0, 0.1) is 6.92 Å². The van der Waals surface area contributed by atoms with Crippen molar-refractivity contribution in [2.24, 2.45) is 4.99 Å². The average Bonchev–Trinajstić information content (AvgIpc) is 3.63. The van der Waals surface area contributed by atoms with E-state index in [4.69, 9.17) is 4.74 Å². The quantitative estimate of drug-likeness (QED) is 0.230. The summed E-state index contributed by atoms with van der Waals surface area (Å²) >= 11 is 1.43. The molecule has 1 aliphatic heterocycles. The third kappa shape index (κ3) is 6.99. The Morgan fingerprint density at radius 2 is 1.85 bits per heavy atom. The first-order chi connectivity index (χ1) is 21.9. The molecule has 3 aromatic carbocycles.